The van der Waals surface area contributed by atoms with E-state index in [9.17, 15) is 14.9 Å². The van der Waals surface area contributed by atoms with Gasteiger partial charge in [0.2, 0.25) is 0 Å². The molecule has 210 valence electrons. The van der Waals surface area contributed by atoms with Crippen molar-refractivity contribution < 1.29 is 23.8 Å². The first kappa shape index (κ1) is 28.0. The van der Waals surface area contributed by atoms with Gasteiger partial charge in [-0.15, -0.1) is 11.3 Å². The summed E-state index contributed by atoms with van der Waals surface area (Å²) in [6.07, 6.45) is 0. The van der Waals surface area contributed by atoms with Gasteiger partial charge in [-0.1, -0.05) is 30.3 Å². The highest BCUT2D eigenvalue weighted by atomic mass is 32.1. The number of anilines is 1. The SMILES string of the molecule is COC(=O)C1=C(C(=O)OC)N(c2ccc(-c3nc(CN4CCOCC4)cs3)cc2)C(N)=C(C#N)C1c1ccccc1. The number of hydrogen-bond acceptors (Lipinski definition) is 11. The lowest BCUT2D eigenvalue weighted by atomic mass is 9.81. The summed E-state index contributed by atoms with van der Waals surface area (Å²) in [5, 5.41) is 13.1. The molecular formula is C30H29N5O5S. The van der Waals surface area contributed by atoms with Gasteiger partial charge < -0.3 is 19.9 Å². The molecule has 10 nitrogen and oxygen atoms in total. The topological polar surface area (TPSA) is 131 Å². The average Bonchev–Trinajstić information content (AvgIpc) is 3.49. The van der Waals surface area contributed by atoms with Crippen molar-refractivity contribution in [1.29, 1.82) is 5.26 Å². The molecule has 1 fully saturated rings. The van der Waals surface area contributed by atoms with Crippen LogP contribution in [0.25, 0.3) is 10.6 Å². The summed E-state index contributed by atoms with van der Waals surface area (Å²) < 4.78 is 15.6. The lowest BCUT2D eigenvalue weighted by Crippen LogP contribution is -2.40. The molecule has 0 aliphatic carbocycles. The molecule has 1 atom stereocenters. The van der Waals surface area contributed by atoms with Crippen LogP contribution in [0.3, 0.4) is 0 Å². The van der Waals surface area contributed by atoms with Gasteiger partial charge in [0.05, 0.1) is 56.3 Å². The molecule has 3 aromatic rings. The number of morpholine rings is 1. The van der Waals surface area contributed by atoms with Crippen molar-refractivity contribution in [2.45, 2.75) is 12.5 Å². The number of rotatable bonds is 7. The third-order valence-electron chi connectivity index (χ3n) is 7.02. The van der Waals surface area contributed by atoms with E-state index < -0.39 is 17.9 Å². The zero-order valence-electron chi connectivity index (χ0n) is 22.7. The quantitative estimate of drug-likeness (QED) is 0.420. The highest BCUT2D eigenvalue weighted by Crippen LogP contribution is 2.43. The van der Waals surface area contributed by atoms with Gasteiger partial charge in [-0.25, -0.2) is 14.6 Å². The Morgan fingerprint density at radius 2 is 1.76 bits per heavy atom. The number of nitriles is 1. The monoisotopic (exact) mass is 571 g/mol. The summed E-state index contributed by atoms with van der Waals surface area (Å²) in [6.45, 7) is 3.98. The predicted octanol–water partition coefficient (Wildman–Crippen LogP) is 3.54. The third-order valence-corrected chi connectivity index (χ3v) is 7.96. The average molecular weight is 572 g/mol. The first-order valence-electron chi connectivity index (χ1n) is 13.0. The number of ether oxygens (including phenoxy) is 3. The summed E-state index contributed by atoms with van der Waals surface area (Å²) in [7, 11) is 2.44. The molecule has 2 aliphatic rings. The van der Waals surface area contributed by atoms with Crippen LogP contribution < -0.4 is 10.6 Å². The lowest BCUT2D eigenvalue weighted by Gasteiger charge is -2.35. The smallest absolute Gasteiger partial charge is 0.355 e. The van der Waals surface area contributed by atoms with Crippen LogP contribution in [0.5, 0.6) is 0 Å². The number of benzene rings is 2. The van der Waals surface area contributed by atoms with Gasteiger partial charge in [-0.05, 0) is 29.8 Å². The molecule has 5 rings (SSSR count). The molecular weight excluding hydrogens is 542 g/mol. The van der Waals surface area contributed by atoms with E-state index in [0.29, 0.717) is 11.3 Å². The minimum atomic E-state index is -0.918. The fourth-order valence-corrected chi connectivity index (χ4v) is 5.85. The molecule has 0 bridgehead atoms. The Morgan fingerprint density at radius 1 is 1.07 bits per heavy atom. The van der Waals surface area contributed by atoms with Crippen molar-refractivity contribution in [3.8, 4) is 16.6 Å². The highest BCUT2D eigenvalue weighted by Gasteiger charge is 2.43. The van der Waals surface area contributed by atoms with E-state index >= 15 is 0 Å². The summed E-state index contributed by atoms with van der Waals surface area (Å²) in [5.74, 6) is -2.46. The molecule has 3 heterocycles. The number of aromatic nitrogens is 1. The van der Waals surface area contributed by atoms with Crippen molar-refractivity contribution in [2.24, 2.45) is 5.73 Å². The molecule has 41 heavy (non-hydrogen) atoms. The van der Waals surface area contributed by atoms with Gasteiger partial charge >= 0.3 is 11.9 Å². The number of thiazole rings is 1. The van der Waals surface area contributed by atoms with E-state index in [-0.39, 0.29) is 22.7 Å². The molecule has 1 aromatic heterocycles. The Hall–Kier alpha value is -4.50. The van der Waals surface area contributed by atoms with Crippen LogP contribution in [0.4, 0.5) is 5.69 Å². The maximum absolute atomic E-state index is 13.2. The van der Waals surface area contributed by atoms with Crippen LogP contribution in [0, 0.1) is 11.3 Å². The zero-order valence-corrected chi connectivity index (χ0v) is 23.5. The number of hydrogen-bond donors (Lipinski definition) is 1. The molecule has 0 spiro atoms. The van der Waals surface area contributed by atoms with Gasteiger partial charge in [0, 0.05) is 36.3 Å². The van der Waals surface area contributed by atoms with Crippen LogP contribution in [0.1, 0.15) is 17.2 Å². The second-order valence-corrected chi connectivity index (χ2v) is 10.3. The van der Waals surface area contributed by atoms with E-state index in [1.54, 1.807) is 47.7 Å². The van der Waals surface area contributed by atoms with Crippen LogP contribution in [0.2, 0.25) is 0 Å². The molecule has 0 amide bonds. The number of nitrogens with two attached hydrogens (primary N) is 1. The molecule has 11 heteroatoms. The fraction of sp³-hybridized carbons (Fsp3) is 0.267. The Labute approximate surface area is 241 Å². The first-order valence-corrected chi connectivity index (χ1v) is 13.8. The third kappa shape index (κ3) is 5.58. The van der Waals surface area contributed by atoms with Crippen molar-refractivity contribution >= 4 is 29.0 Å². The van der Waals surface area contributed by atoms with Gasteiger partial charge in [0.25, 0.3) is 0 Å². The molecule has 0 saturated carbocycles. The van der Waals surface area contributed by atoms with Crippen LogP contribution in [-0.4, -0.2) is 62.3 Å². The summed E-state index contributed by atoms with van der Waals surface area (Å²) in [6, 6.07) is 18.3. The van der Waals surface area contributed by atoms with Crippen molar-refractivity contribution in [3.05, 3.63) is 93.9 Å². The lowest BCUT2D eigenvalue weighted by molar-refractivity contribution is -0.139. The van der Waals surface area contributed by atoms with E-state index in [0.717, 1.165) is 49.1 Å². The predicted molar refractivity (Wildman–Crippen MR) is 153 cm³/mol. The second-order valence-electron chi connectivity index (χ2n) is 9.41. The Morgan fingerprint density at radius 3 is 2.39 bits per heavy atom. The number of methoxy groups -OCH3 is 2. The zero-order chi connectivity index (χ0) is 28.9. The standard InChI is InChI=1S/C30H29N5O5S/c1-38-29(36)25-24(19-6-4-3-5-7-19)23(16-31)27(32)35(26(25)30(37)39-2)22-10-8-20(9-11-22)28-33-21(18-41-28)17-34-12-14-40-15-13-34/h3-11,18,24H,12-15,17,32H2,1-2H3. The van der Waals surface area contributed by atoms with E-state index in [1.807, 2.05) is 23.6 Å². The minimum absolute atomic E-state index is 0.0178. The number of allylic oxidation sites excluding steroid dienone is 1. The van der Waals surface area contributed by atoms with Crippen molar-refractivity contribution in [2.75, 3.05) is 45.4 Å². The maximum atomic E-state index is 13.2. The maximum Gasteiger partial charge on any atom is 0.355 e. The Kier molecular flexibility index (Phi) is 8.45. The molecule has 1 unspecified atom stereocenters. The first-order chi connectivity index (χ1) is 20.0. The summed E-state index contributed by atoms with van der Waals surface area (Å²) in [5.41, 5.74) is 9.50. The van der Waals surface area contributed by atoms with Crippen LogP contribution in [-0.2, 0) is 30.3 Å². The molecule has 0 radical (unpaired) electrons. The summed E-state index contributed by atoms with van der Waals surface area (Å²) >= 11 is 1.55. The van der Waals surface area contributed by atoms with E-state index in [4.69, 9.17) is 24.9 Å². The molecule has 2 N–H and O–H groups in total. The van der Waals surface area contributed by atoms with E-state index in [1.165, 1.54) is 19.1 Å². The van der Waals surface area contributed by atoms with E-state index in [2.05, 4.69) is 11.0 Å². The number of carbonyl (C=O) groups is 2. The fourth-order valence-electron chi connectivity index (χ4n) is 5.04. The normalized spacial score (nSPS) is 17.8. The van der Waals surface area contributed by atoms with Crippen LogP contribution in [0.15, 0.2) is 82.6 Å². The highest BCUT2D eigenvalue weighted by molar-refractivity contribution is 7.13. The minimum Gasteiger partial charge on any atom is -0.466 e. The summed E-state index contributed by atoms with van der Waals surface area (Å²) in [4.78, 5) is 34.9. The van der Waals surface area contributed by atoms with Crippen molar-refractivity contribution in [3.63, 3.8) is 0 Å². The van der Waals surface area contributed by atoms with Crippen molar-refractivity contribution in [1.82, 2.24) is 9.88 Å². The molecule has 2 aromatic carbocycles. The van der Waals surface area contributed by atoms with Gasteiger partial charge in [0.1, 0.15) is 16.5 Å². The number of nitrogens with zero attached hydrogens (tertiary/aromatic N) is 4. The molecule has 1 saturated heterocycles. The number of carbonyl (C=O) groups excluding carboxylic acids is 2. The Bertz CT molecular complexity index is 1540. The Balaban J connectivity index is 1.54. The van der Waals surface area contributed by atoms with Gasteiger partial charge in [0.15, 0.2) is 0 Å². The van der Waals surface area contributed by atoms with Gasteiger partial charge in [-0.2, -0.15) is 5.26 Å². The van der Waals surface area contributed by atoms with Gasteiger partial charge in [-0.3, -0.25) is 9.80 Å². The van der Waals surface area contributed by atoms with Crippen LogP contribution >= 0.6 is 11.3 Å². The number of esters is 2. The molecule has 2 aliphatic heterocycles. The second kappa shape index (κ2) is 12.3. The largest absolute Gasteiger partial charge is 0.466 e.